The summed E-state index contributed by atoms with van der Waals surface area (Å²) in [5.41, 5.74) is 4.38. The second-order valence-corrected chi connectivity index (χ2v) is 5.87. The van der Waals surface area contributed by atoms with Crippen LogP contribution in [0.5, 0.6) is 0 Å². The van der Waals surface area contributed by atoms with Crippen molar-refractivity contribution in [3.63, 3.8) is 0 Å². The van der Waals surface area contributed by atoms with Crippen molar-refractivity contribution in [2.24, 2.45) is 0 Å². The van der Waals surface area contributed by atoms with Gasteiger partial charge in [0.25, 0.3) is 0 Å². The van der Waals surface area contributed by atoms with Crippen LogP contribution in [0.2, 0.25) is 0 Å². The van der Waals surface area contributed by atoms with Crippen LogP contribution >= 0.6 is 0 Å². The zero-order valence-corrected chi connectivity index (χ0v) is 12.2. The highest BCUT2D eigenvalue weighted by Gasteiger charge is 2.21. The fourth-order valence-corrected chi connectivity index (χ4v) is 2.55. The topological polar surface area (TPSA) is 12.9 Å². The van der Waals surface area contributed by atoms with Crippen LogP contribution in [0.4, 0.5) is 0 Å². The molecule has 1 heterocycles. The number of benzene rings is 1. The Labute approximate surface area is 116 Å². The molecular formula is C18H23N. The van der Waals surface area contributed by atoms with Crippen LogP contribution in [0.3, 0.4) is 0 Å². The number of aryl methyl sites for hydroxylation is 1. The van der Waals surface area contributed by atoms with Gasteiger partial charge in [-0.1, -0.05) is 51.5 Å². The molecule has 0 saturated carbocycles. The minimum absolute atomic E-state index is 0.158. The summed E-state index contributed by atoms with van der Waals surface area (Å²) in [7, 11) is 0. The van der Waals surface area contributed by atoms with Gasteiger partial charge in [-0.25, -0.2) is 0 Å². The van der Waals surface area contributed by atoms with Crippen molar-refractivity contribution in [3.05, 3.63) is 65.5 Å². The fourth-order valence-electron chi connectivity index (χ4n) is 2.55. The Kier molecular flexibility index (Phi) is 4.36. The number of hydrogen-bond acceptors (Lipinski definition) is 1. The summed E-state index contributed by atoms with van der Waals surface area (Å²) in [6.07, 6.45) is 7.16. The Bertz CT molecular complexity index is 514. The molecule has 0 aliphatic carbocycles. The highest BCUT2D eigenvalue weighted by atomic mass is 14.6. The second kappa shape index (κ2) is 6.01. The van der Waals surface area contributed by atoms with E-state index in [0.29, 0.717) is 0 Å². The molecule has 100 valence electrons. The number of pyridine rings is 1. The second-order valence-electron chi connectivity index (χ2n) is 5.87. The molecule has 1 aromatic carbocycles. The smallest absolute Gasteiger partial charge is 0.0270 e. The third-order valence-corrected chi connectivity index (χ3v) is 3.64. The van der Waals surface area contributed by atoms with Gasteiger partial charge in [0.05, 0.1) is 0 Å². The Morgan fingerprint density at radius 3 is 2.42 bits per heavy atom. The van der Waals surface area contributed by atoms with Crippen LogP contribution in [0.15, 0.2) is 48.8 Å². The number of nitrogens with zero attached hydrogens (tertiary/aromatic N) is 1. The molecule has 0 spiro atoms. The number of aromatic nitrogens is 1. The third-order valence-electron chi connectivity index (χ3n) is 3.64. The van der Waals surface area contributed by atoms with Crippen LogP contribution in [-0.2, 0) is 18.3 Å². The Hall–Kier alpha value is -1.63. The molecule has 0 unspecified atom stereocenters. The van der Waals surface area contributed by atoms with Crippen LogP contribution in [0, 0.1) is 0 Å². The summed E-state index contributed by atoms with van der Waals surface area (Å²) < 4.78 is 0. The maximum atomic E-state index is 4.09. The number of rotatable bonds is 5. The highest BCUT2D eigenvalue weighted by molar-refractivity contribution is 5.31. The van der Waals surface area contributed by atoms with Gasteiger partial charge < -0.3 is 0 Å². The van der Waals surface area contributed by atoms with E-state index in [-0.39, 0.29) is 5.41 Å². The zero-order chi connectivity index (χ0) is 13.7. The summed E-state index contributed by atoms with van der Waals surface area (Å²) in [6, 6.07) is 13.3. The van der Waals surface area contributed by atoms with Gasteiger partial charge in [0.1, 0.15) is 0 Å². The summed E-state index contributed by atoms with van der Waals surface area (Å²) in [5.74, 6) is 0. The molecule has 19 heavy (non-hydrogen) atoms. The molecule has 2 aromatic rings. The quantitative estimate of drug-likeness (QED) is 0.761. The Balaban J connectivity index is 2.21. The van der Waals surface area contributed by atoms with Crippen molar-refractivity contribution in [2.45, 2.75) is 45.4 Å². The summed E-state index contributed by atoms with van der Waals surface area (Å²) in [6.45, 7) is 6.87. The summed E-state index contributed by atoms with van der Waals surface area (Å²) >= 11 is 0. The lowest BCUT2D eigenvalue weighted by molar-refractivity contribution is 0.521. The first-order chi connectivity index (χ1) is 9.12. The third kappa shape index (κ3) is 3.66. The lowest BCUT2D eigenvalue weighted by Crippen LogP contribution is -2.20. The molecule has 2 rings (SSSR count). The molecule has 0 bridgehead atoms. The largest absolute Gasteiger partial charge is 0.265 e. The van der Waals surface area contributed by atoms with Crippen molar-refractivity contribution in [3.8, 4) is 0 Å². The maximum absolute atomic E-state index is 4.09. The van der Waals surface area contributed by atoms with E-state index in [4.69, 9.17) is 0 Å². The lowest BCUT2D eigenvalue weighted by atomic mass is 9.78. The standard InChI is InChI=1S/C18H23N/c1-4-6-15-7-5-8-17(13-15)18(2,3)14-16-9-11-19-12-10-16/h5,7-13H,4,6,14H2,1-3H3. The molecule has 0 fully saturated rings. The monoisotopic (exact) mass is 253 g/mol. The summed E-state index contributed by atoms with van der Waals surface area (Å²) in [5, 5.41) is 0. The predicted octanol–water partition coefficient (Wildman–Crippen LogP) is 4.55. The SMILES string of the molecule is CCCc1cccc(C(C)(C)Cc2ccncc2)c1. The van der Waals surface area contributed by atoms with Crippen LogP contribution in [0.1, 0.15) is 43.9 Å². The fraction of sp³-hybridized carbons (Fsp3) is 0.389. The molecule has 0 radical (unpaired) electrons. The van der Waals surface area contributed by atoms with Gasteiger partial charge in [-0.3, -0.25) is 4.98 Å². The van der Waals surface area contributed by atoms with Crippen molar-refractivity contribution >= 4 is 0 Å². The van der Waals surface area contributed by atoms with E-state index >= 15 is 0 Å². The lowest BCUT2D eigenvalue weighted by Gasteiger charge is -2.26. The van der Waals surface area contributed by atoms with Gasteiger partial charge in [0, 0.05) is 12.4 Å². The minimum atomic E-state index is 0.158. The van der Waals surface area contributed by atoms with Gasteiger partial charge in [0.15, 0.2) is 0 Å². The van der Waals surface area contributed by atoms with Gasteiger partial charge in [0.2, 0.25) is 0 Å². The van der Waals surface area contributed by atoms with Gasteiger partial charge in [-0.15, -0.1) is 0 Å². The molecule has 1 aromatic heterocycles. The van der Waals surface area contributed by atoms with Crippen molar-refractivity contribution in [2.75, 3.05) is 0 Å². The first kappa shape index (κ1) is 13.8. The molecular weight excluding hydrogens is 230 g/mol. The van der Waals surface area contributed by atoms with Crippen molar-refractivity contribution < 1.29 is 0 Å². The van der Waals surface area contributed by atoms with Gasteiger partial charge >= 0.3 is 0 Å². The molecule has 0 atom stereocenters. The predicted molar refractivity (Wildman–Crippen MR) is 81.4 cm³/mol. The average molecular weight is 253 g/mol. The van der Waals surface area contributed by atoms with E-state index < -0.39 is 0 Å². The van der Waals surface area contributed by atoms with E-state index in [9.17, 15) is 0 Å². The molecule has 0 aliphatic rings. The van der Waals surface area contributed by atoms with Crippen LogP contribution in [0.25, 0.3) is 0 Å². The molecule has 1 nitrogen and oxygen atoms in total. The van der Waals surface area contributed by atoms with Gasteiger partial charge in [-0.05, 0) is 47.1 Å². The first-order valence-electron chi connectivity index (χ1n) is 7.10. The average Bonchev–Trinajstić information content (AvgIpc) is 2.40. The van der Waals surface area contributed by atoms with E-state index in [0.717, 1.165) is 6.42 Å². The van der Waals surface area contributed by atoms with Crippen molar-refractivity contribution in [1.29, 1.82) is 0 Å². The Morgan fingerprint density at radius 2 is 1.74 bits per heavy atom. The highest BCUT2D eigenvalue weighted by Crippen LogP contribution is 2.28. The molecule has 0 aliphatic heterocycles. The first-order valence-corrected chi connectivity index (χ1v) is 7.10. The maximum Gasteiger partial charge on any atom is 0.0270 e. The minimum Gasteiger partial charge on any atom is -0.265 e. The van der Waals surface area contributed by atoms with E-state index in [1.54, 1.807) is 0 Å². The normalized spacial score (nSPS) is 11.5. The van der Waals surface area contributed by atoms with Crippen LogP contribution < -0.4 is 0 Å². The molecule has 0 N–H and O–H groups in total. The van der Waals surface area contributed by atoms with Crippen LogP contribution in [-0.4, -0.2) is 4.98 Å². The van der Waals surface area contributed by atoms with E-state index in [1.165, 1.54) is 29.5 Å². The number of hydrogen-bond donors (Lipinski definition) is 0. The zero-order valence-electron chi connectivity index (χ0n) is 12.2. The summed E-state index contributed by atoms with van der Waals surface area (Å²) in [4.78, 5) is 4.09. The Morgan fingerprint density at radius 1 is 1.00 bits per heavy atom. The van der Waals surface area contributed by atoms with E-state index in [2.05, 4.69) is 62.2 Å². The molecule has 1 heteroatoms. The molecule has 0 saturated heterocycles. The molecule has 0 amide bonds. The van der Waals surface area contributed by atoms with Gasteiger partial charge in [-0.2, -0.15) is 0 Å². The van der Waals surface area contributed by atoms with Crippen molar-refractivity contribution in [1.82, 2.24) is 4.98 Å². The van der Waals surface area contributed by atoms with E-state index in [1.807, 2.05) is 12.4 Å².